The number of carbonyl (C=O) groups is 2. The number of rotatable bonds is 3. The zero-order valence-electron chi connectivity index (χ0n) is 9.90. The van der Waals surface area contributed by atoms with Crippen LogP contribution >= 0.6 is 0 Å². The van der Waals surface area contributed by atoms with Crippen molar-refractivity contribution in [1.29, 1.82) is 0 Å². The molecule has 1 heterocycles. The minimum absolute atomic E-state index is 0.189. The molecule has 0 spiro atoms. The van der Waals surface area contributed by atoms with Crippen molar-refractivity contribution in [2.45, 2.75) is 33.7 Å². The van der Waals surface area contributed by atoms with E-state index in [2.05, 4.69) is 10.5 Å². The second kappa shape index (κ2) is 4.47. The van der Waals surface area contributed by atoms with Gasteiger partial charge in [-0.2, -0.15) is 0 Å². The molecule has 1 rings (SSSR count). The van der Waals surface area contributed by atoms with Crippen LogP contribution in [0.3, 0.4) is 0 Å². The molecular formula is C11H16N2O3. The first kappa shape index (κ1) is 12.4. The summed E-state index contributed by atoms with van der Waals surface area (Å²) in [7, 11) is 0. The second-order valence-corrected chi connectivity index (χ2v) is 4.78. The lowest BCUT2D eigenvalue weighted by molar-refractivity contribution is -0.111. The molecule has 16 heavy (non-hydrogen) atoms. The number of aldehydes is 1. The number of aryl methyl sites for hydroxylation is 1. The van der Waals surface area contributed by atoms with E-state index in [9.17, 15) is 9.59 Å². The van der Waals surface area contributed by atoms with Gasteiger partial charge >= 0.3 is 0 Å². The van der Waals surface area contributed by atoms with E-state index in [1.807, 2.05) is 20.8 Å². The Kier molecular flexibility index (Phi) is 3.47. The van der Waals surface area contributed by atoms with Crippen molar-refractivity contribution < 1.29 is 14.1 Å². The standard InChI is InChI=1S/C11H16N2O3/c1-7-5-8(13-16-7)10(15)12-9(6-14)11(2,3)4/h5-6,9H,1-4H3,(H,12,15). The fourth-order valence-electron chi connectivity index (χ4n) is 1.14. The largest absolute Gasteiger partial charge is 0.361 e. The minimum atomic E-state index is -0.544. The molecule has 1 atom stereocenters. The Morgan fingerprint density at radius 1 is 1.56 bits per heavy atom. The van der Waals surface area contributed by atoms with Gasteiger partial charge in [0.15, 0.2) is 5.69 Å². The van der Waals surface area contributed by atoms with Crippen LogP contribution in [-0.4, -0.2) is 23.4 Å². The molecule has 0 aromatic carbocycles. The van der Waals surface area contributed by atoms with Gasteiger partial charge in [-0.25, -0.2) is 0 Å². The Balaban J connectivity index is 2.74. The summed E-state index contributed by atoms with van der Waals surface area (Å²) in [6.45, 7) is 7.33. The van der Waals surface area contributed by atoms with Gasteiger partial charge in [-0.05, 0) is 12.3 Å². The van der Waals surface area contributed by atoms with Gasteiger partial charge in [-0.3, -0.25) is 4.79 Å². The van der Waals surface area contributed by atoms with Gasteiger partial charge in [0.25, 0.3) is 5.91 Å². The van der Waals surface area contributed by atoms with Crippen LogP contribution < -0.4 is 5.32 Å². The third-order valence-electron chi connectivity index (χ3n) is 2.22. The highest BCUT2D eigenvalue weighted by atomic mass is 16.5. The van der Waals surface area contributed by atoms with Crippen molar-refractivity contribution in [2.75, 3.05) is 0 Å². The maximum atomic E-state index is 11.7. The van der Waals surface area contributed by atoms with Crippen LogP contribution in [0.5, 0.6) is 0 Å². The summed E-state index contributed by atoms with van der Waals surface area (Å²) in [6.07, 6.45) is 0.727. The van der Waals surface area contributed by atoms with Crippen LogP contribution in [0.1, 0.15) is 37.0 Å². The van der Waals surface area contributed by atoms with Crippen LogP contribution in [0.4, 0.5) is 0 Å². The van der Waals surface area contributed by atoms with Crippen LogP contribution in [0.25, 0.3) is 0 Å². The van der Waals surface area contributed by atoms with Crippen molar-refractivity contribution in [2.24, 2.45) is 5.41 Å². The topological polar surface area (TPSA) is 72.2 Å². The van der Waals surface area contributed by atoms with Gasteiger partial charge in [0.2, 0.25) is 0 Å². The molecule has 5 nitrogen and oxygen atoms in total. The second-order valence-electron chi connectivity index (χ2n) is 4.78. The monoisotopic (exact) mass is 224 g/mol. The molecule has 1 amide bonds. The molecule has 0 bridgehead atoms. The molecule has 0 saturated carbocycles. The first-order valence-electron chi connectivity index (χ1n) is 5.04. The fourth-order valence-corrected chi connectivity index (χ4v) is 1.14. The third-order valence-corrected chi connectivity index (χ3v) is 2.22. The average Bonchev–Trinajstić information content (AvgIpc) is 2.59. The molecule has 0 aliphatic heterocycles. The van der Waals surface area contributed by atoms with Gasteiger partial charge in [0.05, 0.1) is 6.04 Å². The van der Waals surface area contributed by atoms with Crippen LogP contribution in [0, 0.1) is 12.3 Å². The lowest BCUT2D eigenvalue weighted by Crippen LogP contribution is -2.44. The van der Waals surface area contributed by atoms with Crippen LogP contribution in [-0.2, 0) is 4.79 Å². The predicted molar refractivity (Wildman–Crippen MR) is 58.0 cm³/mol. The number of hydrogen-bond acceptors (Lipinski definition) is 4. The third kappa shape index (κ3) is 2.92. The molecule has 0 aliphatic carbocycles. The zero-order valence-corrected chi connectivity index (χ0v) is 9.90. The summed E-state index contributed by atoms with van der Waals surface area (Å²) in [4.78, 5) is 22.5. The molecule has 1 aromatic heterocycles. The van der Waals surface area contributed by atoms with E-state index in [1.165, 1.54) is 6.07 Å². The molecule has 1 aromatic rings. The average molecular weight is 224 g/mol. The molecule has 1 N–H and O–H groups in total. The molecule has 0 aliphatic rings. The Hall–Kier alpha value is -1.65. The number of nitrogens with one attached hydrogen (secondary N) is 1. The van der Waals surface area contributed by atoms with Crippen molar-refractivity contribution in [1.82, 2.24) is 10.5 Å². The molecule has 0 radical (unpaired) electrons. The smallest absolute Gasteiger partial charge is 0.274 e. The molecule has 1 unspecified atom stereocenters. The van der Waals surface area contributed by atoms with Crippen molar-refractivity contribution in [3.8, 4) is 0 Å². The SMILES string of the molecule is Cc1cc(C(=O)NC(C=O)C(C)(C)C)no1. The van der Waals surface area contributed by atoms with E-state index in [4.69, 9.17) is 4.52 Å². The molecule has 0 saturated heterocycles. The minimum Gasteiger partial charge on any atom is -0.361 e. The van der Waals surface area contributed by atoms with Gasteiger partial charge in [0, 0.05) is 6.07 Å². The lowest BCUT2D eigenvalue weighted by Gasteiger charge is -2.26. The van der Waals surface area contributed by atoms with E-state index < -0.39 is 11.9 Å². The van der Waals surface area contributed by atoms with Gasteiger partial charge < -0.3 is 14.6 Å². The van der Waals surface area contributed by atoms with E-state index in [-0.39, 0.29) is 11.1 Å². The summed E-state index contributed by atoms with van der Waals surface area (Å²) >= 11 is 0. The predicted octanol–water partition coefficient (Wildman–Crippen LogP) is 1.33. The fraction of sp³-hybridized carbons (Fsp3) is 0.545. The summed E-state index contributed by atoms with van der Waals surface area (Å²) in [5.74, 6) is 0.160. The van der Waals surface area contributed by atoms with E-state index in [0.29, 0.717) is 5.76 Å². The molecule has 5 heteroatoms. The molecule has 88 valence electrons. The van der Waals surface area contributed by atoms with Crippen LogP contribution in [0.2, 0.25) is 0 Å². The highest BCUT2D eigenvalue weighted by molar-refractivity contribution is 5.93. The van der Waals surface area contributed by atoms with Crippen molar-refractivity contribution in [3.05, 3.63) is 17.5 Å². The zero-order chi connectivity index (χ0) is 12.3. The first-order valence-corrected chi connectivity index (χ1v) is 5.04. The maximum absolute atomic E-state index is 11.7. The quantitative estimate of drug-likeness (QED) is 0.786. The van der Waals surface area contributed by atoms with E-state index in [0.717, 1.165) is 6.29 Å². The molecule has 0 fully saturated rings. The highest BCUT2D eigenvalue weighted by Gasteiger charge is 2.26. The normalized spacial score (nSPS) is 13.2. The summed E-state index contributed by atoms with van der Waals surface area (Å²) in [6, 6.07) is 0.983. The number of amides is 1. The molecular weight excluding hydrogens is 208 g/mol. The van der Waals surface area contributed by atoms with Gasteiger partial charge in [-0.1, -0.05) is 25.9 Å². The van der Waals surface area contributed by atoms with Gasteiger partial charge in [-0.15, -0.1) is 0 Å². The maximum Gasteiger partial charge on any atom is 0.274 e. The summed E-state index contributed by atoms with van der Waals surface area (Å²) in [5, 5.41) is 6.19. The van der Waals surface area contributed by atoms with E-state index in [1.54, 1.807) is 6.92 Å². The van der Waals surface area contributed by atoms with E-state index >= 15 is 0 Å². The Morgan fingerprint density at radius 3 is 2.56 bits per heavy atom. The first-order chi connectivity index (χ1) is 7.34. The summed E-state index contributed by atoms with van der Waals surface area (Å²) < 4.78 is 4.79. The number of nitrogens with zero attached hydrogens (tertiary/aromatic N) is 1. The lowest BCUT2D eigenvalue weighted by atomic mass is 9.87. The van der Waals surface area contributed by atoms with Crippen molar-refractivity contribution >= 4 is 12.2 Å². The Morgan fingerprint density at radius 2 is 2.19 bits per heavy atom. The highest BCUT2D eigenvalue weighted by Crippen LogP contribution is 2.18. The van der Waals surface area contributed by atoms with Gasteiger partial charge in [0.1, 0.15) is 12.0 Å². The Bertz CT molecular complexity index is 390. The summed E-state index contributed by atoms with van der Waals surface area (Å²) in [5.41, 5.74) is -0.135. The van der Waals surface area contributed by atoms with Crippen molar-refractivity contribution in [3.63, 3.8) is 0 Å². The number of aromatic nitrogens is 1. The number of hydrogen-bond donors (Lipinski definition) is 1. The Labute approximate surface area is 94.2 Å². The van der Waals surface area contributed by atoms with Crippen LogP contribution in [0.15, 0.2) is 10.6 Å². The number of carbonyl (C=O) groups excluding carboxylic acids is 2.